The summed E-state index contributed by atoms with van der Waals surface area (Å²) in [6, 6.07) is 8.31. The van der Waals surface area contributed by atoms with Crippen LogP contribution >= 0.6 is 0 Å². The number of nitrogens with zero attached hydrogens (tertiary/aromatic N) is 2. The quantitative estimate of drug-likeness (QED) is 0.767. The zero-order valence-electron chi connectivity index (χ0n) is 14.9. The first-order valence-corrected chi connectivity index (χ1v) is 8.97. The molecule has 2 heterocycles. The van der Waals surface area contributed by atoms with Crippen molar-refractivity contribution in [3.63, 3.8) is 0 Å². The zero-order chi connectivity index (χ0) is 18.5. The summed E-state index contributed by atoms with van der Waals surface area (Å²) in [6.45, 7) is 1.17. The molecule has 1 aromatic rings. The molecule has 1 aromatic carbocycles. The maximum atomic E-state index is 12.9. The summed E-state index contributed by atoms with van der Waals surface area (Å²) in [6.07, 6.45) is 2.20. The van der Waals surface area contributed by atoms with E-state index in [1.54, 1.807) is 4.90 Å². The van der Waals surface area contributed by atoms with Crippen LogP contribution < -0.4 is 0 Å². The fourth-order valence-corrected chi connectivity index (χ4v) is 3.65. The highest BCUT2D eigenvalue weighted by atomic mass is 16.6. The lowest BCUT2D eigenvalue weighted by Crippen LogP contribution is -2.51. The first kappa shape index (κ1) is 18.2. The standard InChI is InChI=1S/C19H24N2O5/c1-25-18(23)16-10-6-11-20(16)17(22)15-9-5-12-21(15)19(24)26-13-14-7-3-2-4-8-14/h2-4,7-8,15-16H,5-6,9-13H2,1H3/t15-,16-/m0/s1. The minimum Gasteiger partial charge on any atom is -0.467 e. The van der Waals surface area contributed by atoms with Gasteiger partial charge < -0.3 is 14.4 Å². The van der Waals surface area contributed by atoms with Crippen LogP contribution in [-0.4, -0.2) is 60.1 Å². The second-order valence-electron chi connectivity index (χ2n) is 6.60. The Morgan fingerprint density at radius 3 is 2.35 bits per heavy atom. The molecule has 2 saturated heterocycles. The Balaban J connectivity index is 1.62. The molecule has 0 radical (unpaired) electrons. The van der Waals surface area contributed by atoms with Gasteiger partial charge in [-0.15, -0.1) is 0 Å². The van der Waals surface area contributed by atoms with Gasteiger partial charge in [0.05, 0.1) is 7.11 Å². The fourth-order valence-electron chi connectivity index (χ4n) is 3.65. The minimum absolute atomic E-state index is 0.172. The van der Waals surface area contributed by atoms with Crippen LogP contribution in [-0.2, 0) is 25.7 Å². The second kappa shape index (κ2) is 8.21. The van der Waals surface area contributed by atoms with Gasteiger partial charge in [0.2, 0.25) is 5.91 Å². The molecule has 3 rings (SSSR count). The molecule has 2 aliphatic heterocycles. The van der Waals surface area contributed by atoms with E-state index in [1.165, 1.54) is 12.0 Å². The topological polar surface area (TPSA) is 76.2 Å². The summed E-state index contributed by atoms with van der Waals surface area (Å²) < 4.78 is 10.2. The van der Waals surface area contributed by atoms with E-state index in [0.717, 1.165) is 18.4 Å². The Hall–Kier alpha value is -2.57. The van der Waals surface area contributed by atoms with Crippen molar-refractivity contribution in [2.45, 2.75) is 44.4 Å². The van der Waals surface area contributed by atoms with Crippen molar-refractivity contribution in [1.29, 1.82) is 0 Å². The van der Waals surface area contributed by atoms with Gasteiger partial charge in [0.25, 0.3) is 0 Å². The van der Waals surface area contributed by atoms with Crippen molar-refractivity contribution in [3.05, 3.63) is 35.9 Å². The van der Waals surface area contributed by atoms with Crippen LogP contribution in [0, 0.1) is 0 Å². The van der Waals surface area contributed by atoms with Gasteiger partial charge in [0.15, 0.2) is 0 Å². The molecule has 0 aliphatic carbocycles. The molecule has 0 bridgehead atoms. The normalized spacial score (nSPS) is 22.3. The van der Waals surface area contributed by atoms with Crippen LogP contribution in [0.1, 0.15) is 31.2 Å². The largest absolute Gasteiger partial charge is 0.467 e. The number of hydrogen-bond donors (Lipinski definition) is 0. The number of methoxy groups -OCH3 is 1. The third-order valence-electron chi connectivity index (χ3n) is 4.99. The lowest BCUT2D eigenvalue weighted by molar-refractivity contribution is -0.152. The Kier molecular flexibility index (Phi) is 5.75. The molecule has 2 atom stereocenters. The van der Waals surface area contributed by atoms with Crippen molar-refractivity contribution in [1.82, 2.24) is 9.80 Å². The van der Waals surface area contributed by atoms with Gasteiger partial charge in [-0.3, -0.25) is 9.69 Å². The number of benzene rings is 1. The predicted octanol–water partition coefficient (Wildman–Crippen LogP) is 1.95. The lowest BCUT2D eigenvalue weighted by Gasteiger charge is -2.30. The second-order valence-corrected chi connectivity index (χ2v) is 6.60. The molecule has 2 amide bonds. The average molecular weight is 360 g/mol. The van der Waals surface area contributed by atoms with Gasteiger partial charge in [-0.2, -0.15) is 0 Å². The maximum Gasteiger partial charge on any atom is 0.410 e. The van der Waals surface area contributed by atoms with Crippen LogP contribution in [0.2, 0.25) is 0 Å². The number of hydrogen-bond acceptors (Lipinski definition) is 5. The smallest absolute Gasteiger partial charge is 0.410 e. The number of likely N-dealkylation sites (tertiary alicyclic amines) is 2. The molecule has 2 fully saturated rings. The molecule has 0 spiro atoms. The molecule has 7 heteroatoms. The van der Waals surface area contributed by atoms with Gasteiger partial charge in [-0.05, 0) is 31.2 Å². The first-order valence-electron chi connectivity index (χ1n) is 8.97. The molecule has 0 saturated carbocycles. The Labute approximate surface area is 152 Å². The monoisotopic (exact) mass is 360 g/mol. The summed E-state index contributed by atoms with van der Waals surface area (Å²) >= 11 is 0. The van der Waals surface area contributed by atoms with Gasteiger partial charge in [-0.1, -0.05) is 30.3 Å². The van der Waals surface area contributed by atoms with Crippen LogP contribution in [0.4, 0.5) is 4.79 Å². The molecular formula is C19H24N2O5. The highest BCUT2D eigenvalue weighted by Gasteiger charge is 2.42. The molecule has 26 heavy (non-hydrogen) atoms. The number of carbonyl (C=O) groups excluding carboxylic acids is 3. The minimum atomic E-state index is -0.566. The zero-order valence-corrected chi connectivity index (χ0v) is 14.9. The molecule has 0 unspecified atom stereocenters. The molecule has 140 valence electrons. The third-order valence-corrected chi connectivity index (χ3v) is 4.99. The number of amides is 2. The van der Waals surface area contributed by atoms with Crippen molar-refractivity contribution in [2.75, 3.05) is 20.2 Å². The van der Waals surface area contributed by atoms with E-state index < -0.39 is 24.1 Å². The van der Waals surface area contributed by atoms with Crippen molar-refractivity contribution >= 4 is 18.0 Å². The highest BCUT2D eigenvalue weighted by molar-refractivity contribution is 5.90. The summed E-state index contributed by atoms with van der Waals surface area (Å²) in [7, 11) is 1.33. The van der Waals surface area contributed by atoms with E-state index in [0.29, 0.717) is 25.9 Å². The van der Waals surface area contributed by atoms with E-state index in [1.807, 2.05) is 30.3 Å². The van der Waals surface area contributed by atoms with Crippen LogP contribution in [0.5, 0.6) is 0 Å². The highest BCUT2D eigenvalue weighted by Crippen LogP contribution is 2.26. The SMILES string of the molecule is COC(=O)[C@@H]1CCCN1C(=O)[C@@H]1CCCN1C(=O)OCc1ccccc1. The van der Waals surface area contributed by atoms with E-state index in [9.17, 15) is 14.4 Å². The van der Waals surface area contributed by atoms with Crippen LogP contribution in [0.25, 0.3) is 0 Å². The maximum absolute atomic E-state index is 12.9. The molecule has 0 N–H and O–H groups in total. The van der Waals surface area contributed by atoms with Crippen molar-refractivity contribution < 1.29 is 23.9 Å². The lowest BCUT2D eigenvalue weighted by atomic mass is 10.1. The predicted molar refractivity (Wildman–Crippen MR) is 93.1 cm³/mol. The molecule has 0 aromatic heterocycles. The molecule has 2 aliphatic rings. The summed E-state index contributed by atoms with van der Waals surface area (Å²) in [5.74, 6) is -0.584. The Morgan fingerprint density at radius 2 is 1.65 bits per heavy atom. The van der Waals surface area contributed by atoms with Crippen LogP contribution in [0.15, 0.2) is 30.3 Å². The summed E-state index contributed by atoms with van der Waals surface area (Å²) in [5.41, 5.74) is 0.897. The van der Waals surface area contributed by atoms with Gasteiger partial charge in [0, 0.05) is 13.1 Å². The van der Waals surface area contributed by atoms with Gasteiger partial charge in [-0.25, -0.2) is 9.59 Å². The Bertz CT molecular complexity index is 663. The number of carbonyl (C=O) groups is 3. The number of ether oxygens (including phenoxy) is 2. The summed E-state index contributed by atoms with van der Waals surface area (Å²) in [4.78, 5) is 40.3. The van der Waals surface area contributed by atoms with Gasteiger partial charge >= 0.3 is 12.1 Å². The average Bonchev–Trinajstić information content (AvgIpc) is 3.35. The molecular weight excluding hydrogens is 336 g/mol. The first-order chi connectivity index (χ1) is 12.6. The van der Waals surface area contributed by atoms with E-state index >= 15 is 0 Å². The summed E-state index contributed by atoms with van der Waals surface area (Å²) in [5, 5.41) is 0. The van der Waals surface area contributed by atoms with Crippen molar-refractivity contribution in [2.24, 2.45) is 0 Å². The van der Waals surface area contributed by atoms with Crippen molar-refractivity contribution in [3.8, 4) is 0 Å². The number of rotatable bonds is 4. The molecule has 7 nitrogen and oxygen atoms in total. The van der Waals surface area contributed by atoms with E-state index in [2.05, 4.69) is 0 Å². The third kappa shape index (κ3) is 3.81. The fraction of sp³-hybridized carbons (Fsp3) is 0.526. The Morgan fingerprint density at radius 1 is 1.00 bits per heavy atom. The van der Waals surface area contributed by atoms with E-state index in [-0.39, 0.29) is 12.5 Å². The van der Waals surface area contributed by atoms with Crippen LogP contribution in [0.3, 0.4) is 0 Å². The van der Waals surface area contributed by atoms with E-state index in [4.69, 9.17) is 9.47 Å². The van der Waals surface area contributed by atoms with Gasteiger partial charge in [0.1, 0.15) is 18.7 Å². The number of esters is 1.